The lowest BCUT2D eigenvalue weighted by Gasteiger charge is -2.32. The lowest BCUT2D eigenvalue weighted by atomic mass is 10.0. The molecule has 1 aromatic carbocycles. The van der Waals surface area contributed by atoms with Crippen molar-refractivity contribution in [3.8, 4) is 11.5 Å². The van der Waals surface area contributed by atoms with Crippen LogP contribution >= 0.6 is 0 Å². The molecule has 2 aliphatic rings. The Morgan fingerprint density at radius 2 is 2.04 bits per heavy atom. The molecular weight excluding hydrogens is 328 g/mol. The molecule has 1 heterocycles. The van der Waals surface area contributed by atoms with E-state index in [0.29, 0.717) is 17.5 Å². The van der Waals surface area contributed by atoms with Crippen LogP contribution in [0.15, 0.2) is 30.9 Å². The Kier molecular flexibility index (Phi) is 6.56. The van der Waals surface area contributed by atoms with Crippen LogP contribution in [0.25, 0.3) is 0 Å². The molecule has 1 N–H and O–H groups in total. The molecule has 2 fully saturated rings. The van der Waals surface area contributed by atoms with Gasteiger partial charge in [0, 0.05) is 19.1 Å². The Balaban J connectivity index is 1.44. The van der Waals surface area contributed by atoms with E-state index in [1.165, 1.54) is 12.8 Å². The molecule has 5 heteroatoms. The van der Waals surface area contributed by atoms with Gasteiger partial charge in [0.05, 0.1) is 7.11 Å². The van der Waals surface area contributed by atoms with E-state index in [1.807, 2.05) is 29.2 Å². The molecule has 26 heavy (non-hydrogen) atoms. The number of amides is 1. The number of carbonyl (C=O) groups excluding carboxylic acids is 1. The van der Waals surface area contributed by atoms with E-state index in [-0.39, 0.29) is 12.5 Å². The molecule has 0 unspecified atom stereocenters. The molecule has 0 radical (unpaired) electrons. The van der Waals surface area contributed by atoms with E-state index in [9.17, 15) is 4.79 Å². The SMILES string of the molecule is C=CCc1ccc(OCC(=O)N2CCC(NCC3CC3)CC2)c(OC)c1. The standard InChI is InChI=1S/C21H30N2O3/c1-3-4-16-7-8-19(20(13-16)25-2)26-15-21(24)23-11-9-18(10-12-23)22-14-17-5-6-17/h3,7-8,13,17-18,22H,1,4-6,9-12,14-15H2,2H3. The van der Waals surface area contributed by atoms with Crippen LogP contribution in [0.1, 0.15) is 31.2 Å². The fourth-order valence-corrected chi connectivity index (χ4v) is 3.34. The molecule has 1 aromatic rings. The highest BCUT2D eigenvalue weighted by atomic mass is 16.5. The molecule has 1 aliphatic heterocycles. The van der Waals surface area contributed by atoms with Gasteiger partial charge in [-0.2, -0.15) is 0 Å². The van der Waals surface area contributed by atoms with Gasteiger partial charge in [-0.25, -0.2) is 0 Å². The summed E-state index contributed by atoms with van der Waals surface area (Å²) < 4.78 is 11.1. The van der Waals surface area contributed by atoms with Crippen LogP contribution in [-0.4, -0.2) is 50.2 Å². The predicted octanol–water partition coefficient (Wildman–Crippen LogP) is 2.79. The first-order chi connectivity index (χ1) is 12.7. The largest absolute Gasteiger partial charge is 0.493 e. The fourth-order valence-electron chi connectivity index (χ4n) is 3.34. The van der Waals surface area contributed by atoms with Gasteiger partial charge >= 0.3 is 0 Å². The Morgan fingerprint density at radius 3 is 2.69 bits per heavy atom. The van der Waals surface area contributed by atoms with Crippen molar-refractivity contribution in [3.63, 3.8) is 0 Å². The number of carbonyl (C=O) groups is 1. The Hall–Kier alpha value is -2.01. The van der Waals surface area contributed by atoms with Crippen LogP contribution < -0.4 is 14.8 Å². The minimum absolute atomic E-state index is 0.0443. The molecular formula is C21H30N2O3. The molecule has 0 atom stereocenters. The highest BCUT2D eigenvalue weighted by molar-refractivity contribution is 5.78. The summed E-state index contributed by atoms with van der Waals surface area (Å²) in [4.78, 5) is 14.4. The number of rotatable bonds is 9. The van der Waals surface area contributed by atoms with Crippen molar-refractivity contribution in [2.75, 3.05) is 33.4 Å². The molecule has 1 saturated carbocycles. The van der Waals surface area contributed by atoms with Gasteiger partial charge in [-0.15, -0.1) is 6.58 Å². The number of benzene rings is 1. The number of allylic oxidation sites excluding steroid dienone is 1. The zero-order valence-corrected chi connectivity index (χ0v) is 15.7. The monoisotopic (exact) mass is 358 g/mol. The van der Waals surface area contributed by atoms with E-state index in [2.05, 4.69) is 11.9 Å². The third-order valence-corrected chi connectivity index (χ3v) is 5.20. The maximum atomic E-state index is 12.4. The van der Waals surface area contributed by atoms with Crippen molar-refractivity contribution in [2.45, 2.75) is 38.1 Å². The first-order valence-corrected chi connectivity index (χ1v) is 9.61. The normalized spacial score (nSPS) is 17.8. The molecule has 0 bridgehead atoms. The van der Waals surface area contributed by atoms with Gasteiger partial charge in [0.1, 0.15) is 0 Å². The van der Waals surface area contributed by atoms with Crippen LogP contribution in [0.4, 0.5) is 0 Å². The Morgan fingerprint density at radius 1 is 1.27 bits per heavy atom. The lowest BCUT2D eigenvalue weighted by molar-refractivity contribution is -0.134. The smallest absolute Gasteiger partial charge is 0.260 e. The summed E-state index contributed by atoms with van der Waals surface area (Å²) in [6, 6.07) is 6.32. The topological polar surface area (TPSA) is 50.8 Å². The number of nitrogens with zero attached hydrogens (tertiary/aromatic N) is 1. The summed E-state index contributed by atoms with van der Waals surface area (Å²) in [5.74, 6) is 2.20. The second-order valence-electron chi connectivity index (χ2n) is 7.27. The zero-order valence-electron chi connectivity index (χ0n) is 15.7. The summed E-state index contributed by atoms with van der Waals surface area (Å²) >= 11 is 0. The Labute approximate surface area is 156 Å². The van der Waals surface area contributed by atoms with Crippen LogP contribution in [0.5, 0.6) is 11.5 Å². The van der Waals surface area contributed by atoms with Crippen LogP contribution in [0.2, 0.25) is 0 Å². The maximum absolute atomic E-state index is 12.4. The van der Waals surface area contributed by atoms with Gasteiger partial charge in [-0.3, -0.25) is 4.79 Å². The maximum Gasteiger partial charge on any atom is 0.260 e. The molecule has 1 aliphatic carbocycles. The first kappa shape index (κ1) is 18.8. The molecule has 142 valence electrons. The number of hydrogen-bond donors (Lipinski definition) is 1. The van der Waals surface area contributed by atoms with Crippen molar-refractivity contribution in [1.82, 2.24) is 10.2 Å². The number of likely N-dealkylation sites (tertiary alicyclic amines) is 1. The van der Waals surface area contributed by atoms with E-state index < -0.39 is 0 Å². The van der Waals surface area contributed by atoms with Gasteiger partial charge in [-0.1, -0.05) is 12.1 Å². The van der Waals surface area contributed by atoms with Gasteiger partial charge in [0.15, 0.2) is 18.1 Å². The van der Waals surface area contributed by atoms with Crippen molar-refractivity contribution < 1.29 is 14.3 Å². The summed E-state index contributed by atoms with van der Waals surface area (Å²) in [5.41, 5.74) is 1.11. The second-order valence-corrected chi connectivity index (χ2v) is 7.27. The molecule has 0 aromatic heterocycles. The molecule has 1 saturated heterocycles. The minimum atomic E-state index is 0.0443. The number of piperidine rings is 1. The summed E-state index contributed by atoms with van der Waals surface area (Å²) in [5, 5.41) is 3.64. The van der Waals surface area contributed by atoms with Crippen molar-refractivity contribution in [3.05, 3.63) is 36.4 Å². The molecule has 1 amide bonds. The second kappa shape index (κ2) is 9.08. The Bertz CT molecular complexity index is 620. The van der Waals surface area contributed by atoms with Gasteiger partial charge in [0.2, 0.25) is 0 Å². The van der Waals surface area contributed by atoms with Crippen molar-refractivity contribution in [1.29, 1.82) is 0 Å². The van der Waals surface area contributed by atoms with Gasteiger partial charge in [-0.05, 0) is 62.3 Å². The van der Waals surface area contributed by atoms with Crippen LogP contribution in [-0.2, 0) is 11.2 Å². The minimum Gasteiger partial charge on any atom is -0.493 e. The van der Waals surface area contributed by atoms with E-state index in [1.54, 1.807) is 7.11 Å². The summed E-state index contributed by atoms with van der Waals surface area (Å²) in [6.45, 7) is 6.55. The fraction of sp³-hybridized carbons (Fsp3) is 0.571. The van der Waals surface area contributed by atoms with Crippen LogP contribution in [0.3, 0.4) is 0 Å². The van der Waals surface area contributed by atoms with E-state index in [0.717, 1.165) is 50.4 Å². The third kappa shape index (κ3) is 5.24. The number of methoxy groups -OCH3 is 1. The number of hydrogen-bond acceptors (Lipinski definition) is 4. The number of ether oxygens (including phenoxy) is 2. The highest BCUT2D eigenvalue weighted by Crippen LogP contribution is 2.29. The first-order valence-electron chi connectivity index (χ1n) is 9.61. The summed E-state index contributed by atoms with van der Waals surface area (Å²) in [7, 11) is 1.61. The molecule has 3 rings (SSSR count). The van der Waals surface area contributed by atoms with Crippen molar-refractivity contribution in [2.24, 2.45) is 5.92 Å². The highest BCUT2D eigenvalue weighted by Gasteiger charge is 2.26. The quantitative estimate of drug-likeness (QED) is 0.690. The van der Waals surface area contributed by atoms with Gasteiger partial charge < -0.3 is 19.7 Å². The average molecular weight is 358 g/mol. The zero-order chi connectivity index (χ0) is 18.4. The van der Waals surface area contributed by atoms with Crippen LogP contribution in [0, 0.1) is 5.92 Å². The predicted molar refractivity (Wildman–Crippen MR) is 103 cm³/mol. The summed E-state index contributed by atoms with van der Waals surface area (Å²) in [6.07, 6.45) is 7.43. The van der Waals surface area contributed by atoms with Crippen molar-refractivity contribution >= 4 is 5.91 Å². The van der Waals surface area contributed by atoms with E-state index >= 15 is 0 Å². The van der Waals surface area contributed by atoms with E-state index in [4.69, 9.17) is 9.47 Å². The number of nitrogens with one attached hydrogen (secondary N) is 1. The third-order valence-electron chi connectivity index (χ3n) is 5.20. The van der Waals surface area contributed by atoms with Gasteiger partial charge in [0.25, 0.3) is 5.91 Å². The molecule has 5 nitrogen and oxygen atoms in total. The lowest BCUT2D eigenvalue weighted by Crippen LogP contribution is -2.46. The molecule has 0 spiro atoms. The average Bonchev–Trinajstić information content (AvgIpc) is 3.50.